The van der Waals surface area contributed by atoms with Gasteiger partial charge in [-0.05, 0) is 12.5 Å². The second kappa shape index (κ2) is 8.01. The summed E-state index contributed by atoms with van der Waals surface area (Å²) in [4.78, 5) is 15.3. The molecule has 1 aliphatic heterocycles. The highest BCUT2D eigenvalue weighted by atomic mass is 35.5. The van der Waals surface area contributed by atoms with Gasteiger partial charge in [-0.15, -0.1) is 0 Å². The molecule has 1 saturated heterocycles. The van der Waals surface area contributed by atoms with Crippen molar-refractivity contribution in [1.82, 2.24) is 15.0 Å². The monoisotopic (exact) mass is 444 g/mol. The summed E-state index contributed by atoms with van der Waals surface area (Å²) in [7, 11) is 3.03. The van der Waals surface area contributed by atoms with Crippen LogP contribution in [0.2, 0.25) is 10.0 Å². The van der Waals surface area contributed by atoms with Crippen molar-refractivity contribution in [3.8, 4) is 28.8 Å². The Morgan fingerprint density at radius 2 is 1.87 bits per heavy atom. The molecule has 4 rings (SSSR count). The second-order valence-corrected chi connectivity index (χ2v) is 7.60. The van der Waals surface area contributed by atoms with E-state index in [9.17, 15) is 5.26 Å². The van der Waals surface area contributed by atoms with Crippen molar-refractivity contribution in [2.45, 2.75) is 6.42 Å². The van der Waals surface area contributed by atoms with Crippen molar-refractivity contribution in [3.05, 3.63) is 28.4 Å². The zero-order chi connectivity index (χ0) is 21.4. The van der Waals surface area contributed by atoms with Crippen molar-refractivity contribution in [1.29, 1.82) is 5.26 Å². The first kappa shape index (κ1) is 20.3. The molecule has 0 amide bonds. The number of nitrogens with two attached hydrogens (primary N) is 1. The molecule has 0 spiro atoms. The number of pyridine rings is 1. The highest BCUT2D eigenvalue weighted by Gasteiger charge is 2.27. The minimum atomic E-state index is -0.0752. The lowest BCUT2D eigenvalue weighted by Crippen LogP contribution is -2.21. The van der Waals surface area contributed by atoms with Gasteiger partial charge in [0.1, 0.15) is 17.0 Å². The molecule has 0 saturated carbocycles. The van der Waals surface area contributed by atoms with E-state index in [1.54, 1.807) is 18.3 Å². The minimum Gasteiger partial charge on any atom is -0.495 e. The van der Waals surface area contributed by atoms with Gasteiger partial charge in [-0.3, -0.25) is 0 Å². The average molecular weight is 445 g/mol. The maximum absolute atomic E-state index is 9.30. The van der Waals surface area contributed by atoms with E-state index in [1.807, 2.05) is 4.90 Å². The van der Waals surface area contributed by atoms with Crippen LogP contribution in [0.25, 0.3) is 22.2 Å². The zero-order valence-electron chi connectivity index (χ0n) is 16.3. The summed E-state index contributed by atoms with van der Waals surface area (Å²) < 4.78 is 10.8. The summed E-state index contributed by atoms with van der Waals surface area (Å²) in [5, 5.41) is 10.7. The van der Waals surface area contributed by atoms with Crippen LogP contribution in [0.5, 0.6) is 11.5 Å². The number of methoxy groups -OCH3 is 2. The minimum absolute atomic E-state index is 0.0752. The van der Waals surface area contributed by atoms with Gasteiger partial charge < -0.3 is 20.1 Å². The van der Waals surface area contributed by atoms with Crippen LogP contribution in [0.3, 0.4) is 0 Å². The molecule has 2 N–H and O–H groups in total. The number of hydrogen-bond donors (Lipinski definition) is 1. The van der Waals surface area contributed by atoms with Crippen molar-refractivity contribution < 1.29 is 9.47 Å². The number of hydrogen-bond acceptors (Lipinski definition) is 8. The molecule has 30 heavy (non-hydrogen) atoms. The SMILES string of the molecule is COc1cc(OC)c(Cl)c(-c2cc3cnc(N)nc3c(N3CCC(C#N)C3)n2)c1Cl. The molecule has 10 heteroatoms. The molecule has 154 valence electrons. The van der Waals surface area contributed by atoms with E-state index in [0.717, 1.165) is 11.8 Å². The first-order valence-corrected chi connectivity index (χ1v) is 9.90. The van der Waals surface area contributed by atoms with Gasteiger partial charge in [-0.25, -0.2) is 15.0 Å². The molecule has 8 nitrogen and oxygen atoms in total. The molecule has 1 aliphatic rings. The predicted molar refractivity (Wildman–Crippen MR) is 116 cm³/mol. The molecule has 1 aromatic carbocycles. The summed E-state index contributed by atoms with van der Waals surface area (Å²) in [6.45, 7) is 1.23. The molecular weight excluding hydrogens is 427 g/mol. The van der Waals surface area contributed by atoms with Gasteiger partial charge in [0.05, 0.1) is 41.9 Å². The van der Waals surface area contributed by atoms with Crippen LogP contribution >= 0.6 is 23.2 Å². The van der Waals surface area contributed by atoms with Gasteiger partial charge in [-0.1, -0.05) is 23.2 Å². The van der Waals surface area contributed by atoms with Crippen LogP contribution in [0, 0.1) is 17.2 Å². The number of aromatic nitrogens is 3. The summed E-state index contributed by atoms with van der Waals surface area (Å²) >= 11 is 13.2. The Balaban J connectivity index is 1.98. The van der Waals surface area contributed by atoms with Gasteiger partial charge in [-0.2, -0.15) is 5.26 Å². The third-order valence-corrected chi connectivity index (χ3v) is 5.82. The first-order valence-electron chi connectivity index (χ1n) is 9.15. The number of nitriles is 1. The van der Waals surface area contributed by atoms with E-state index in [4.69, 9.17) is 43.4 Å². The number of rotatable bonds is 4. The largest absolute Gasteiger partial charge is 0.495 e. The Labute approximate surface area is 183 Å². The van der Waals surface area contributed by atoms with Crippen LogP contribution in [-0.4, -0.2) is 42.3 Å². The number of benzene rings is 1. The first-order chi connectivity index (χ1) is 14.5. The summed E-state index contributed by atoms with van der Waals surface area (Å²) in [6, 6.07) is 5.73. The fraction of sp³-hybridized carbons (Fsp3) is 0.300. The smallest absolute Gasteiger partial charge is 0.220 e. The Bertz CT molecular complexity index is 1150. The molecule has 2 aromatic heterocycles. The predicted octanol–water partition coefficient (Wildman–Crippen LogP) is 3.95. The van der Waals surface area contributed by atoms with Gasteiger partial charge >= 0.3 is 0 Å². The number of ether oxygens (including phenoxy) is 2. The Hall–Kier alpha value is -3.02. The van der Waals surface area contributed by atoms with E-state index in [-0.39, 0.29) is 11.9 Å². The van der Waals surface area contributed by atoms with Gasteiger partial charge in [0.2, 0.25) is 5.95 Å². The van der Waals surface area contributed by atoms with Crippen molar-refractivity contribution >= 4 is 45.9 Å². The Morgan fingerprint density at radius 1 is 1.17 bits per heavy atom. The molecule has 3 heterocycles. The van der Waals surface area contributed by atoms with E-state index >= 15 is 0 Å². The Kier molecular flexibility index (Phi) is 5.41. The highest BCUT2D eigenvalue weighted by molar-refractivity contribution is 6.41. The molecule has 3 aromatic rings. The molecule has 1 atom stereocenters. The number of halogens is 2. The maximum atomic E-state index is 9.30. The van der Waals surface area contributed by atoms with Gasteiger partial charge in [0, 0.05) is 36.3 Å². The highest BCUT2D eigenvalue weighted by Crippen LogP contribution is 2.46. The maximum Gasteiger partial charge on any atom is 0.220 e. The molecule has 0 radical (unpaired) electrons. The van der Waals surface area contributed by atoms with E-state index in [0.29, 0.717) is 57.2 Å². The normalized spacial score (nSPS) is 16.0. The van der Waals surface area contributed by atoms with E-state index < -0.39 is 0 Å². The van der Waals surface area contributed by atoms with Crippen LogP contribution in [-0.2, 0) is 0 Å². The number of fused-ring (bicyclic) bond motifs is 1. The van der Waals surface area contributed by atoms with Crippen molar-refractivity contribution in [2.75, 3.05) is 37.9 Å². The average Bonchev–Trinajstić information content (AvgIpc) is 3.23. The van der Waals surface area contributed by atoms with Crippen LogP contribution in [0.1, 0.15) is 6.42 Å². The van der Waals surface area contributed by atoms with Crippen molar-refractivity contribution in [3.63, 3.8) is 0 Å². The lowest BCUT2D eigenvalue weighted by molar-refractivity contribution is 0.395. The molecule has 1 unspecified atom stereocenters. The van der Waals surface area contributed by atoms with Crippen molar-refractivity contribution in [2.24, 2.45) is 5.92 Å². The Morgan fingerprint density at radius 3 is 2.47 bits per heavy atom. The van der Waals surface area contributed by atoms with Gasteiger partial charge in [0.15, 0.2) is 5.82 Å². The third kappa shape index (κ3) is 3.40. The number of nitrogen functional groups attached to an aromatic ring is 1. The van der Waals surface area contributed by atoms with E-state index in [1.165, 1.54) is 14.2 Å². The molecular formula is C20H18Cl2N6O2. The lowest BCUT2D eigenvalue weighted by Gasteiger charge is -2.20. The third-order valence-electron chi connectivity index (χ3n) is 5.07. The summed E-state index contributed by atoms with van der Waals surface area (Å²) in [5.41, 5.74) is 7.42. The number of anilines is 2. The fourth-order valence-electron chi connectivity index (χ4n) is 3.55. The molecule has 0 aliphatic carbocycles. The fourth-order valence-corrected chi connectivity index (χ4v) is 4.25. The molecule has 0 bridgehead atoms. The lowest BCUT2D eigenvalue weighted by atomic mass is 10.1. The molecule has 1 fully saturated rings. The second-order valence-electron chi connectivity index (χ2n) is 6.84. The standard InChI is InChI=1S/C20H18Cl2N6O2/c1-29-13-6-14(30-2)17(22)15(16(13)21)12-5-11-8-25-20(24)27-18(11)19(26-12)28-4-3-10(7-23)9-28/h5-6,8,10H,3-4,9H2,1-2H3,(H2,24,25,27). The summed E-state index contributed by atoms with van der Waals surface area (Å²) in [5.74, 6) is 1.50. The zero-order valence-corrected chi connectivity index (χ0v) is 17.8. The van der Waals surface area contributed by atoms with Crippen LogP contribution in [0.4, 0.5) is 11.8 Å². The van der Waals surface area contributed by atoms with Gasteiger partial charge in [0.25, 0.3) is 0 Å². The topological polar surface area (TPSA) is 110 Å². The van der Waals surface area contributed by atoms with Crippen LogP contribution in [0.15, 0.2) is 18.3 Å². The number of nitrogens with zero attached hydrogens (tertiary/aromatic N) is 5. The van der Waals surface area contributed by atoms with Crippen LogP contribution < -0.4 is 20.1 Å². The quantitative estimate of drug-likeness (QED) is 0.643. The summed E-state index contributed by atoms with van der Waals surface area (Å²) in [6.07, 6.45) is 2.38. The van der Waals surface area contributed by atoms with E-state index in [2.05, 4.69) is 16.0 Å².